The van der Waals surface area contributed by atoms with Gasteiger partial charge in [-0.2, -0.15) is 4.98 Å². The monoisotopic (exact) mass is 367 g/mol. The molecule has 0 radical (unpaired) electrons. The second kappa shape index (κ2) is 7.53. The van der Waals surface area contributed by atoms with E-state index in [1.807, 2.05) is 20.8 Å². The number of amides is 1. The lowest BCUT2D eigenvalue weighted by Crippen LogP contribution is -2.17. The lowest BCUT2D eigenvalue weighted by atomic mass is 9.96. The first-order valence-corrected chi connectivity index (χ1v) is 8.47. The summed E-state index contributed by atoms with van der Waals surface area (Å²) in [4.78, 5) is 25.0. The van der Waals surface area contributed by atoms with E-state index in [1.54, 1.807) is 43.6 Å². The molecule has 8 heteroatoms. The molecule has 2 aromatic heterocycles. The number of rotatable bonds is 5. The molecule has 2 heterocycles. The minimum Gasteiger partial charge on any atom is -0.485 e. The lowest BCUT2D eigenvalue weighted by Gasteiger charge is -2.16. The fraction of sp³-hybridized carbons (Fsp3) is 0.316. The maximum Gasteiger partial charge on any atom is 0.255 e. The normalized spacial score (nSPS) is 11.3. The topological polar surface area (TPSA) is 103 Å². The third-order valence-electron chi connectivity index (χ3n) is 3.63. The van der Waals surface area contributed by atoms with Crippen LogP contribution in [0, 0.1) is 6.92 Å². The van der Waals surface area contributed by atoms with Crippen LogP contribution in [0.15, 0.2) is 41.2 Å². The molecule has 0 unspecified atom stereocenters. The summed E-state index contributed by atoms with van der Waals surface area (Å²) < 4.78 is 10.4. The number of benzene rings is 1. The Kier molecular flexibility index (Phi) is 5.16. The standard InChI is InChI=1S/C19H21N5O3/c1-12-22-16(24-27-12)11-26-15-7-5-13(6-8-15)17(25)23-14-9-20-18(21-10-14)19(2,3)4/h5-10H,11H2,1-4H3,(H,23,25). The Labute approximate surface area is 157 Å². The van der Waals surface area contributed by atoms with Gasteiger partial charge in [-0.05, 0) is 24.3 Å². The van der Waals surface area contributed by atoms with E-state index >= 15 is 0 Å². The summed E-state index contributed by atoms with van der Waals surface area (Å²) in [6.45, 7) is 8.00. The van der Waals surface area contributed by atoms with Crippen LogP contribution in [0.25, 0.3) is 0 Å². The average molecular weight is 367 g/mol. The maximum atomic E-state index is 12.3. The molecule has 0 saturated carbocycles. The second-order valence-electron chi connectivity index (χ2n) is 7.04. The zero-order valence-corrected chi connectivity index (χ0v) is 15.7. The van der Waals surface area contributed by atoms with Crippen LogP contribution in [0.5, 0.6) is 5.75 Å². The molecule has 1 N–H and O–H groups in total. The summed E-state index contributed by atoms with van der Waals surface area (Å²) >= 11 is 0. The van der Waals surface area contributed by atoms with Gasteiger partial charge in [-0.25, -0.2) is 9.97 Å². The average Bonchev–Trinajstić information content (AvgIpc) is 3.05. The number of anilines is 1. The highest BCUT2D eigenvalue weighted by atomic mass is 16.5. The highest BCUT2D eigenvalue weighted by Gasteiger charge is 2.17. The number of aryl methyl sites for hydroxylation is 1. The van der Waals surface area contributed by atoms with Crippen molar-refractivity contribution in [3.63, 3.8) is 0 Å². The van der Waals surface area contributed by atoms with Crippen LogP contribution in [0.1, 0.15) is 48.7 Å². The fourth-order valence-electron chi connectivity index (χ4n) is 2.23. The summed E-state index contributed by atoms with van der Waals surface area (Å²) in [6.07, 6.45) is 3.21. The van der Waals surface area contributed by atoms with E-state index in [-0.39, 0.29) is 17.9 Å². The Balaban J connectivity index is 1.58. The van der Waals surface area contributed by atoms with Crippen molar-refractivity contribution in [2.45, 2.75) is 39.7 Å². The second-order valence-corrected chi connectivity index (χ2v) is 7.04. The highest BCUT2D eigenvalue weighted by molar-refractivity contribution is 6.04. The van der Waals surface area contributed by atoms with E-state index in [0.717, 1.165) is 5.82 Å². The predicted octanol–water partition coefficient (Wildman–Crippen LogP) is 3.30. The van der Waals surface area contributed by atoms with Crippen LogP contribution in [0.2, 0.25) is 0 Å². The van der Waals surface area contributed by atoms with Crippen LogP contribution >= 0.6 is 0 Å². The Bertz CT molecular complexity index is 912. The van der Waals surface area contributed by atoms with Crippen molar-refractivity contribution in [3.8, 4) is 5.75 Å². The molecule has 1 aromatic carbocycles. The summed E-state index contributed by atoms with van der Waals surface area (Å²) in [6, 6.07) is 6.77. The van der Waals surface area contributed by atoms with Crippen molar-refractivity contribution in [2.75, 3.05) is 5.32 Å². The third-order valence-corrected chi connectivity index (χ3v) is 3.63. The molecule has 0 fully saturated rings. The number of nitrogens with one attached hydrogen (secondary N) is 1. The van der Waals surface area contributed by atoms with Crippen molar-refractivity contribution >= 4 is 11.6 Å². The van der Waals surface area contributed by atoms with Gasteiger partial charge < -0.3 is 14.6 Å². The fourth-order valence-corrected chi connectivity index (χ4v) is 2.23. The first kappa shape index (κ1) is 18.5. The van der Waals surface area contributed by atoms with Gasteiger partial charge in [-0.15, -0.1) is 0 Å². The van der Waals surface area contributed by atoms with Gasteiger partial charge in [0, 0.05) is 17.9 Å². The number of aromatic nitrogens is 4. The Morgan fingerprint density at radius 1 is 1.15 bits per heavy atom. The van der Waals surface area contributed by atoms with Gasteiger partial charge in [0.1, 0.15) is 11.6 Å². The van der Waals surface area contributed by atoms with Crippen molar-refractivity contribution in [3.05, 3.63) is 59.8 Å². The number of carbonyl (C=O) groups excluding carboxylic acids is 1. The van der Waals surface area contributed by atoms with E-state index in [1.165, 1.54) is 0 Å². The lowest BCUT2D eigenvalue weighted by molar-refractivity contribution is 0.102. The first-order chi connectivity index (χ1) is 12.8. The van der Waals surface area contributed by atoms with E-state index in [2.05, 4.69) is 25.4 Å². The zero-order valence-electron chi connectivity index (χ0n) is 15.7. The summed E-state index contributed by atoms with van der Waals surface area (Å²) in [7, 11) is 0. The maximum absolute atomic E-state index is 12.3. The van der Waals surface area contributed by atoms with E-state index in [4.69, 9.17) is 9.26 Å². The van der Waals surface area contributed by atoms with Crippen molar-refractivity contribution in [1.29, 1.82) is 0 Å². The molecule has 3 aromatic rings. The highest BCUT2D eigenvalue weighted by Crippen LogP contribution is 2.19. The molecule has 3 rings (SSSR count). The van der Waals surface area contributed by atoms with Crippen molar-refractivity contribution < 1.29 is 14.1 Å². The molecule has 0 saturated heterocycles. The SMILES string of the molecule is Cc1nc(COc2ccc(C(=O)Nc3cnc(C(C)(C)C)nc3)cc2)no1. The predicted molar refractivity (Wildman–Crippen MR) is 98.5 cm³/mol. The number of hydrogen-bond acceptors (Lipinski definition) is 7. The molecule has 0 aliphatic rings. The van der Waals surface area contributed by atoms with Crippen molar-refractivity contribution in [2.24, 2.45) is 0 Å². The van der Waals surface area contributed by atoms with Gasteiger partial charge in [0.15, 0.2) is 6.61 Å². The van der Waals surface area contributed by atoms with Crippen LogP contribution in [0.4, 0.5) is 5.69 Å². The molecule has 8 nitrogen and oxygen atoms in total. The number of nitrogens with zero attached hydrogens (tertiary/aromatic N) is 4. The van der Waals surface area contributed by atoms with Crippen molar-refractivity contribution in [1.82, 2.24) is 20.1 Å². The van der Waals surface area contributed by atoms with Gasteiger partial charge in [0.2, 0.25) is 11.7 Å². The summed E-state index contributed by atoms with van der Waals surface area (Å²) in [5.41, 5.74) is 0.900. The van der Waals surface area contributed by atoms with Gasteiger partial charge in [-0.1, -0.05) is 25.9 Å². The molecular weight excluding hydrogens is 346 g/mol. The number of ether oxygens (including phenoxy) is 1. The molecule has 27 heavy (non-hydrogen) atoms. The van der Waals surface area contributed by atoms with E-state index in [9.17, 15) is 4.79 Å². The quantitative estimate of drug-likeness (QED) is 0.738. The molecule has 140 valence electrons. The van der Waals surface area contributed by atoms with Gasteiger partial charge in [0.05, 0.1) is 18.1 Å². The third kappa shape index (κ3) is 4.87. The Morgan fingerprint density at radius 3 is 2.37 bits per heavy atom. The molecule has 0 bridgehead atoms. The molecule has 0 atom stereocenters. The van der Waals surface area contributed by atoms with Gasteiger partial charge in [0.25, 0.3) is 5.91 Å². The molecule has 0 aliphatic heterocycles. The molecule has 0 spiro atoms. The van der Waals surface area contributed by atoms with Crippen LogP contribution in [-0.2, 0) is 12.0 Å². The molecule has 0 aliphatic carbocycles. The molecular formula is C19H21N5O3. The van der Waals surface area contributed by atoms with Crippen LogP contribution < -0.4 is 10.1 Å². The van der Waals surface area contributed by atoms with E-state index < -0.39 is 0 Å². The van der Waals surface area contributed by atoms with E-state index in [0.29, 0.717) is 28.7 Å². The molecule has 1 amide bonds. The first-order valence-electron chi connectivity index (χ1n) is 8.47. The van der Waals surface area contributed by atoms with Crippen LogP contribution in [0.3, 0.4) is 0 Å². The zero-order chi connectivity index (χ0) is 19.4. The Hall–Kier alpha value is -3.29. The van der Waals surface area contributed by atoms with Crippen LogP contribution in [-0.4, -0.2) is 26.0 Å². The summed E-state index contributed by atoms with van der Waals surface area (Å²) in [5, 5.41) is 6.54. The number of hydrogen-bond donors (Lipinski definition) is 1. The smallest absolute Gasteiger partial charge is 0.255 e. The van der Waals surface area contributed by atoms with Gasteiger partial charge in [-0.3, -0.25) is 4.79 Å². The summed E-state index contributed by atoms with van der Waals surface area (Å²) in [5.74, 6) is 2.03. The Morgan fingerprint density at radius 2 is 1.81 bits per heavy atom. The number of carbonyl (C=O) groups is 1. The largest absolute Gasteiger partial charge is 0.485 e. The minimum absolute atomic E-state index is 0.140. The van der Waals surface area contributed by atoms with Gasteiger partial charge >= 0.3 is 0 Å². The minimum atomic E-state index is -0.248.